The largest absolute Gasteiger partial charge is 0.462 e. The van der Waals surface area contributed by atoms with Crippen molar-refractivity contribution in [1.82, 2.24) is 0 Å². The van der Waals surface area contributed by atoms with E-state index in [0.717, 1.165) is 29.9 Å². The minimum atomic E-state index is -4.67. The molecule has 1 amide bonds. The summed E-state index contributed by atoms with van der Waals surface area (Å²) in [6, 6.07) is 6.20. The van der Waals surface area contributed by atoms with Crippen molar-refractivity contribution in [1.29, 1.82) is 0 Å². The molecule has 2 aromatic rings. The Kier molecular flexibility index (Phi) is 8.44. The fraction of sp³-hybridized carbons (Fsp3) is 0.391. The molecule has 168 valence electrons. The van der Waals surface area contributed by atoms with Gasteiger partial charge < -0.3 is 10.1 Å². The van der Waals surface area contributed by atoms with Crippen LogP contribution in [0.1, 0.15) is 77.6 Å². The van der Waals surface area contributed by atoms with E-state index < -0.39 is 29.2 Å². The molecule has 0 aliphatic heterocycles. The molecule has 1 N–H and O–H groups in total. The third-order valence-corrected chi connectivity index (χ3v) is 5.87. The number of thiophene rings is 1. The molecule has 1 heterocycles. The molecular weight excluding hydrogens is 427 g/mol. The number of alkyl halides is 3. The van der Waals surface area contributed by atoms with Crippen molar-refractivity contribution >= 4 is 28.2 Å². The summed E-state index contributed by atoms with van der Waals surface area (Å²) in [4.78, 5) is 25.9. The molecule has 31 heavy (non-hydrogen) atoms. The molecule has 0 saturated carbocycles. The molecule has 0 bridgehead atoms. The van der Waals surface area contributed by atoms with Gasteiger partial charge in [-0.25, -0.2) is 4.79 Å². The van der Waals surface area contributed by atoms with Crippen LogP contribution in [0, 0.1) is 0 Å². The van der Waals surface area contributed by atoms with Crippen molar-refractivity contribution in [3.63, 3.8) is 0 Å². The first-order valence-corrected chi connectivity index (χ1v) is 10.8. The maximum Gasteiger partial charge on any atom is 0.417 e. The van der Waals surface area contributed by atoms with Crippen molar-refractivity contribution in [2.75, 3.05) is 11.9 Å². The molecule has 4 nitrogen and oxygen atoms in total. The highest BCUT2D eigenvalue weighted by molar-refractivity contribution is 7.16. The zero-order chi connectivity index (χ0) is 23.2. The van der Waals surface area contributed by atoms with E-state index in [9.17, 15) is 22.8 Å². The van der Waals surface area contributed by atoms with Crippen molar-refractivity contribution in [3.8, 4) is 0 Å². The molecule has 1 aromatic heterocycles. The Labute approximate surface area is 184 Å². The highest BCUT2D eigenvalue weighted by atomic mass is 32.1. The van der Waals surface area contributed by atoms with Crippen LogP contribution in [-0.2, 0) is 10.9 Å². The van der Waals surface area contributed by atoms with E-state index >= 15 is 0 Å². The maximum atomic E-state index is 13.3. The second-order valence-electron chi connectivity index (χ2n) is 7.37. The Morgan fingerprint density at radius 1 is 1.19 bits per heavy atom. The smallest absolute Gasteiger partial charge is 0.417 e. The lowest BCUT2D eigenvalue weighted by atomic mass is 10.0. The number of anilines is 1. The third kappa shape index (κ3) is 6.69. The molecule has 0 fully saturated rings. The van der Waals surface area contributed by atoms with Gasteiger partial charge in [-0.1, -0.05) is 30.7 Å². The third-order valence-electron chi connectivity index (χ3n) is 4.59. The predicted octanol–water partition coefficient (Wildman–Crippen LogP) is 7.05. The van der Waals surface area contributed by atoms with Gasteiger partial charge in [0, 0.05) is 4.88 Å². The molecule has 0 unspecified atom stereocenters. The lowest BCUT2D eigenvalue weighted by molar-refractivity contribution is -0.137. The number of esters is 1. The van der Waals surface area contributed by atoms with Gasteiger partial charge in [0.05, 0.1) is 23.3 Å². The number of carbonyl (C=O) groups excluding carboxylic acids is 2. The highest BCUT2D eigenvalue weighted by Crippen LogP contribution is 2.37. The molecule has 1 aromatic carbocycles. The average molecular weight is 454 g/mol. The summed E-state index contributed by atoms with van der Waals surface area (Å²) in [6.07, 6.45) is -0.861. The first-order chi connectivity index (χ1) is 14.5. The van der Waals surface area contributed by atoms with E-state index in [1.165, 1.54) is 29.0 Å². The summed E-state index contributed by atoms with van der Waals surface area (Å²) in [6.45, 7) is 7.84. The average Bonchev–Trinajstić information content (AvgIpc) is 3.11. The summed E-state index contributed by atoms with van der Waals surface area (Å²) in [5.74, 6) is -1.45. The molecule has 0 radical (unpaired) electrons. The standard InChI is InChI=1S/C23H26F3NO3S/c1-5-30-22(29)17-13-19(15(4)10-8-9-14(2)3)31-21(17)27-20(28)16-11-6-7-12-18(16)23(24,25)26/h6-7,9,11-13,15H,5,8,10H2,1-4H3,(H,27,28)/t15-/m0/s1. The Morgan fingerprint density at radius 3 is 2.48 bits per heavy atom. The van der Waals surface area contributed by atoms with Gasteiger partial charge >= 0.3 is 12.1 Å². The van der Waals surface area contributed by atoms with Crippen molar-refractivity contribution in [2.24, 2.45) is 0 Å². The number of carbonyl (C=O) groups is 2. The van der Waals surface area contributed by atoms with Crippen LogP contribution in [0.4, 0.5) is 18.2 Å². The number of nitrogens with one attached hydrogen (secondary N) is 1. The van der Waals surface area contributed by atoms with E-state index in [2.05, 4.69) is 11.4 Å². The summed E-state index contributed by atoms with van der Waals surface area (Å²) in [7, 11) is 0. The van der Waals surface area contributed by atoms with Crippen LogP contribution < -0.4 is 5.32 Å². The van der Waals surface area contributed by atoms with E-state index in [4.69, 9.17) is 4.74 Å². The summed E-state index contributed by atoms with van der Waals surface area (Å²) >= 11 is 1.18. The Hall–Kier alpha value is -2.61. The molecule has 2 rings (SSSR count). The fourth-order valence-electron chi connectivity index (χ4n) is 2.97. The van der Waals surface area contributed by atoms with Crippen molar-refractivity contribution in [2.45, 2.75) is 52.6 Å². The van der Waals surface area contributed by atoms with Gasteiger partial charge in [0.2, 0.25) is 0 Å². The lowest BCUT2D eigenvalue weighted by Gasteiger charge is -2.12. The van der Waals surface area contributed by atoms with Crippen LogP contribution in [0.2, 0.25) is 0 Å². The lowest BCUT2D eigenvalue weighted by Crippen LogP contribution is -2.19. The van der Waals surface area contributed by atoms with E-state index in [1.807, 2.05) is 20.8 Å². The van der Waals surface area contributed by atoms with Gasteiger partial charge in [-0.2, -0.15) is 13.2 Å². The SMILES string of the molecule is CCOC(=O)c1cc([C@@H](C)CCC=C(C)C)sc1NC(=O)c1ccccc1C(F)(F)F. The number of hydrogen-bond donors (Lipinski definition) is 1. The van der Waals surface area contributed by atoms with Crippen LogP contribution in [0.25, 0.3) is 0 Å². The topological polar surface area (TPSA) is 55.4 Å². The zero-order valence-electron chi connectivity index (χ0n) is 17.9. The van der Waals surface area contributed by atoms with Gasteiger partial charge in [-0.15, -0.1) is 11.3 Å². The Bertz CT molecular complexity index is 959. The number of ether oxygens (including phenoxy) is 1. The predicted molar refractivity (Wildman–Crippen MR) is 117 cm³/mol. The first-order valence-electron chi connectivity index (χ1n) is 9.96. The Balaban J connectivity index is 2.34. The van der Waals surface area contributed by atoms with Crippen LogP contribution >= 0.6 is 11.3 Å². The number of benzene rings is 1. The van der Waals surface area contributed by atoms with Gasteiger partial charge in [0.15, 0.2) is 0 Å². The number of halogens is 3. The van der Waals surface area contributed by atoms with E-state index in [0.29, 0.717) is 0 Å². The first kappa shape index (κ1) is 24.7. The monoisotopic (exact) mass is 453 g/mol. The highest BCUT2D eigenvalue weighted by Gasteiger charge is 2.35. The minimum absolute atomic E-state index is 0.0990. The number of hydrogen-bond acceptors (Lipinski definition) is 4. The summed E-state index contributed by atoms with van der Waals surface area (Å²) in [5, 5.41) is 2.68. The normalized spacial score (nSPS) is 12.2. The number of rotatable bonds is 8. The van der Waals surface area contributed by atoms with Gasteiger partial charge in [0.1, 0.15) is 5.00 Å². The van der Waals surface area contributed by atoms with Crippen LogP contribution in [0.3, 0.4) is 0 Å². The zero-order valence-corrected chi connectivity index (χ0v) is 18.7. The quantitative estimate of drug-likeness (QED) is 0.344. The maximum absolute atomic E-state index is 13.3. The molecule has 0 spiro atoms. The molecule has 8 heteroatoms. The van der Waals surface area contributed by atoms with E-state index in [-0.39, 0.29) is 23.1 Å². The minimum Gasteiger partial charge on any atom is -0.462 e. The number of amides is 1. The summed E-state index contributed by atoms with van der Waals surface area (Å²) in [5.41, 5.74) is -0.177. The number of allylic oxidation sites excluding steroid dienone is 2. The van der Waals surface area contributed by atoms with Crippen molar-refractivity contribution in [3.05, 3.63) is 63.5 Å². The van der Waals surface area contributed by atoms with Gasteiger partial charge in [-0.05, 0) is 57.7 Å². The second kappa shape index (κ2) is 10.6. The molecule has 0 aliphatic rings. The van der Waals surface area contributed by atoms with Crippen LogP contribution in [0.5, 0.6) is 0 Å². The fourth-order valence-corrected chi connectivity index (χ4v) is 4.10. The van der Waals surface area contributed by atoms with E-state index in [1.54, 1.807) is 13.0 Å². The molecular formula is C23H26F3NO3S. The summed E-state index contributed by atoms with van der Waals surface area (Å²) < 4.78 is 44.9. The van der Waals surface area contributed by atoms with Gasteiger partial charge in [0.25, 0.3) is 5.91 Å². The molecule has 1 atom stereocenters. The van der Waals surface area contributed by atoms with Crippen molar-refractivity contribution < 1.29 is 27.5 Å². The molecule has 0 aliphatic carbocycles. The second-order valence-corrected chi connectivity index (χ2v) is 8.45. The van der Waals surface area contributed by atoms with Gasteiger partial charge in [-0.3, -0.25) is 4.79 Å². The van der Waals surface area contributed by atoms with Crippen LogP contribution in [-0.4, -0.2) is 18.5 Å². The molecule has 0 saturated heterocycles. The Morgan fingerprint density at radius 2 is 1.87 bits per heavy atom. The van der Waals surface area contributed by atoms with Crippen LogP contribution in [0.15, 0.2) is 42.0 Å².